The predicted octanol–water partition coefficient (Wildman–Crippen LogP) is -1.09. The number of aliphatic hydroxyl groups excluding tert-OH is 2. The first-order chi connectivity index (χ1) is 6.19. The van der Waals surface area contributed by atoms with Crippen molar-refractivity contribution in [1.82, 2.24) is 0 Å². The van der Waals surface area contributed by atoms with E-state index in [0.717, 1.165) is 6.26 Å². The summed E-state index contributed by atoms with van der Waals surface area (Å²) in [6, 6.07) is 0. The Morgan fingerprint density at radius 2 is 1.79 bits per heavy atom. The zero-order chi connectivity index (χ0) is 11.8. The summed E-state index contributed by atoms with van der Waals surface area (Å²) in [5.41, 5.74) is 0. The molecule has 0 unspecified atom stereocenters. The number of ketones is 1. The minimum absolute atomic E-state index is 0.167. The van der Waals surface area contributed by atoms with Crippen LogP contribution in [-0.2, 0) is 19.1 Å². The van der Waals surface area contributed by atoms with E-state index in [9.17, 15) is 13.2 Å². The molecule has 0 bridgehead atoms. The lowest BCUT2D eigenvalue weighted by Gasteiger charge is -2.04. The summed E-state index contributed by atoms with van der Waals surface area (Å²) in [4.78, 5) is 9.44. The van der Waals surface area contributed by atoms with Gasteiger partial charge in [-0.1, -0.05) is 0 Å². The maximum Gasteiger partial charge on any atom is 0.264 e. The highest BCUT2D eigenvalue weighted by molar-refractivity contribution is 7.85. The molecule has 1 atom stereocenters. The normalized spacial score (nSPS) is 12.6. The van der Waals surface area contributed by atoms with Gasteiger partial charge < -0.3 is 15.0 Å². The van der Waals surface area contributed by atoms with Gasteiger partial charge in [0.05, 0.1) is 19.5 Å². The molecule has 0 aliphatic carbocycles. The third-order valence-electron chi connectivity index (χ3n) is 0.685. The third kappa shape index (κ3) is 22.5. The van der Waals surface area contributed by atoms with Crippen molar-refractivity contribution in [1.29, 1.82) is 0 Å². The summed E-state index contributed by atoms with van der Waals surface area (Å²) < 4.78 is 24.6. The number of rotatable bonds is 4. The van der Waals surface area contributed by atoms with E-state index in [0.29, 0.717) is 0 Å². The Kier molecular flexibility index (Phi) is 8.96. The van der Waals surface area contributed by atoms with E-state index in [1.165, 1.54) is 13.8 Å². The van der Waals surface area contributed by atoms with E-state index in [2.05, 4.69) is 4.18 Å². The molecule has 2 N–H and O–H groups in total. The van der Waals surface area contributed by atoms with Gasteiger partial charge >= 0.3 is 0 Å². The van der Waals surface area contributed by atoms with Crippen LogP contribution in [0.25, 0.3) is 0 Å². The molecule has 0 heterocycles. The largest absolute Gasteiger partial charge is 0.394 e. The van der Waals surface area contributed by atoms with Crippen molar-refractivity contribution in [2.24, 2.45) is 0 Å². The van der Waals surface area contributed by atoms with Crippen LogP contribution in [0.4, 0.5) is 0 Å². The standard InChI is InChI=1S/C4H10O5S.C3H6O/c1-10(7,8)9-3-4(6)2-5;1-3(2)4/h4-6H,2-3H2,1H3;1-2H3/t4-;/m1./s1. The molecule has 14 heavy (non-hydrogen) atoms. The van der Waals surface area contributed by atoms with E-state index in [1.54, 1.807) is 0 Å². The van der Waals surface area contributed by atoms with Crippen LogP contribution in [0.5, 0.6) is 0 Å². The highest BCUT2D eigenvalue weighted by Gasteiger charge is 2.06. The summed E-state index contributed by atoms with van der Waals surface area (Å²) in [5.74, 6) is 0.167. The number of hydrogen-bond acceptors (Lipinski definition) is 6. The van der Waals surface area contributed by atoms with Gasteiger partial charge in [-0.2, -0.15) is 8.42 Å². The number of carbonyl (C=O) groups excluding carboxylic acids is 1. The second-order valence-electron chi connectivity index (χ2n) is 2.73. The smallest absolute Gasteiger partial charge is 0.264 e. The van der Waals surface area contributed by atoms with E-state index >= 15 is 0 Å². The van der Waals surface area contributed by atoms with Crippen LogP contribution in [0.2, 0.25) is 0 Å². The Balaban J connectivity index is 0. The Morgan fingerprint density at radius 3 is 2.00 bits per heavy atom. The molecule has 0 spiro atoms. The molecule has 7 heteroatoms. The van der Waals surface area contributed by atoms with Crippen molar-refractivity contribution in [3.05, 3.63) is 0 Å². The summed E-state index contributed by atoms with van der Waals surface area (Å²) in [6.45, 7) is 2.16. The van der Waals surface area contributed by atoms with Crippen molar-refractivity contribution < 1.29 is 27.6 Å². The molecule has 0 saturated heterocycles. The van der Waals surface area contributed by atoms with Gasteiger partial charge in [0.1, 0.15) is 11.9 Å². The summed E-state index contributed by atoms with van der Waals surface area (Å²) in [5, 5.41) is 16.8. The van der Waals surface area contributed by atoms with Crippen LogP contribution in [0.15, 0.2) is 0 Å². The first-order valence-corrected chi connectivity index (χ1v) is 5.61. The molecule has 0 saturated carbocycles. The van der Waals surface area contributed by atoms with Crippen molar-refractivity contribution in [3.63, 3.8) is 0 Å². The number of aliphatic hydroxyl groups is 2. The van der Waals surface area contributed by atoms with Gasteiger partial charge in [0, 0.05) is 0 Å². The second kappa shape index (κ2) is 7.86. The quantitative estimate of drug-likeness (QED) is 0.593. The lowest BCUT2D eigenvalue weighted by atomic mass is 10.4. The molecule has 0 aromatic heterocycles. The average molecular weight is 228 g/mol. The Labute approximate surface area is 83.6 Å². The first-order valence-electron chi connectivity index (χ1n) is 3.79. The number of carbonyl (C=O) groups is 1. The van der Waals surface area contributed by atoms with Gasteiger partial charge in [-0.15, -0.1) is 0 Å². The van der Waals surface area contributed by atoms with E-state index in [-0.39, 0.29) is 5.78 Å². The topological polar surface area (TPSA) is 101 Å². The van der Waals surface area contributed by atoms with E-state index < -0.39 is 29.4 Å². The zero-order valence-electron chi connectivity index (χ0n) is 8.43. The lowest BCUT2D eigenvalue weighted by Crippen LogP contribution is -2.21. The summed E-state index contributed by atoms with van der Waals surface area (Å²) in [6.07, 6.45) is -0.258. The molecular formula is C7H16O6S. The molecule has 0 radical (unpaired) electrons. The fourth-order valence-corrected chi connectivity index (χ4v) is 0.659. The molecule has 86 valence electrons. The zero-order valence-corrected chi connectivity index (χ0v) is 9.24. The molecule has 6 nitrogen and oxygen atoms in total. The SMILES string of the molecule is CC(C)=O.CS(=O)(=O)OC[C@H](O)CO. The van der Waals surface area contributed by atoms with Crippen molar-refractivity contribution in [2.75, 3.05) is 19.5 Å². The van der Waals surface area contributed by atoms with Crippen molar-refractivity contribution >= 4 is 15.9 Å². The maximum atomic E-state index is 10.2. The molecule has 0 amide bonds. The third-order valence-corrected chi connectivity index (χ3v) is 1.25. The highest BCUT2D eigenvalue weighted by atomic mass is 32.2. The van der Waals surface area contributed by atoms with Crippen LogP contribution in [-0.4, -0.2) is 50.0 Å². The highest BCUT2D eigenvalue weighted by Crippen LogP contribution is 1.89. The molecule has 0 aliphatic rings. The van der Waals surface area contributed by atoms with E-state index in [4.69, 9.17) is 10.2 Å². The van der Waals surface area contributed by atoms with Gasteiger partial charge in [0.25, 0.3) is 10.1 Å². The second-order valence-corrected chi connectivity index (χ2v) is 4.38. The Bertz CT molecular complexity index is 241. The molecule has 0 aliphatic heterocycles. The minimum Gasteiger partial charge on any atom is -0.394 e. The first kappa shape index (κ1) is 15.9. The van der Waals surface area contributed by atoms with Gasteiger partial charge in [-0.05, 0) is 13.8 Å². The number of Topliss-reactive ketones (excluding diaryl/α,β-unsaturated/α-hetero) is 1. The maximum absolute atomic E-state index is 10.2. The lowest BCUT2D eigenvalue weighted by molar-refractivity contribution is -0.114. The van der Waals surface area contributed by atoms with Crippen LogP contribution in [0.3, 0.4) is 0 Å². The van der Waals surface area contributed by atoms with E-state index in [1.807, 2.05) is 0 Å². The molecule has 0 rings (SSSR count). The van der Waals surface area contributed by atoms with Gasteiger partial charge in [0.2, 0.25) is 0 Å². The summed E-state index contributed by atoms with van der Waals surface area (Å²) >= 11 is 0. The van der Waals surface area contributed by atoms with Crippen molar-refractivity contribution in [3.8, 4) is 0 Å². The van der Waals surface area contributed by atoms with Crippen LogP contribution >= 0.6 is 0 Å². The molecular weight excluding hydrogens is 212 g/mol. The fourth-order valence-electron chi connectivity index (χ4n) is 0.255. The summed E-state index contributed by atoms with van der Waals surface area (Å²) in [7, 11) is -3.50. The fraction of sp³-hybridized carbons (Fsp3) is 0.857. The van der Waals surface area contributed by atoms with Crippen LogP contribution in [0, 0.1) is 0 Å². The molecule has 0 fully saturated rings. The van der Waals surface area contributed by atoms with Gasteiger partial charge in [-0.3, -0.25) is 4.18 Å². The monoisotopic (exact) mass is 228 g/mol. The molecule has 0 aromatic rings. The van der Waals surface area contributed by atoms with Crippen LogP contribution < -0.4 is 0 Å². The van der Waals surface area contributed by atoms with Crippen molar-refractivity contribution in [2.45, 2.75) is 20.0 Å². The molecule has 0 aromatic carbocycles. The average Bonchev–Trinajstić information content (AvgIpc) is 1.97. The minimum atomic E-state index is -3.50. The van der Waals surface area contributed by atoms with Crippen LogP contribution in [0.1, 0.15) is 13.8 Å². The Hall–Kier alpha value is -0.500. The predicted molar refractivity (Wildman–Crippen MR) is 50.2 cm³/mol. The van der Waals surface area contributed by atoms with Gasteiger partial charge in [0.15, 0.2) is 0 Å². The van der Waals surface area contributed by atoms with Gasteiger partial charge in [-0.25, -0.2) is 0 Å². The number of hydrogen-bond donors (Lipinski definition) is 2. The Morgan fingerprint density at radius 1 is 1.43 bits per heavy atom.